The van der Waals surface area contributed by atoms with Crippen molar-refractivity contribution in [2.45, 2.75) is 13.5 Å². The van der Waals surface area contributed by atoms with Gasteiger partial charge in [0, 0.05) is 54.9 Å². The second kappa shape index (κ2) is 8.87. The Morgan fingerprint density at radius 3 is 2.67 bits per heavy atom. The summed E-state index contributed by atoms with van der Waals surface area (Å²) in [5.41, 5.74) is 2.81. The summed E-state index contributed by atoms with van der Waals surface area (Å²) in [6.07, 6.45) is 6.29. The smallest absolute Gasteiger partial charge is 0.233 e. The molecule has 10 nitrogen and oxygen atoms in total. The van der Waals surface area contributed by atoms with Crippen molar-refractivity contribution in [1.82, 2.24) is 19.5 Å². The Kier molecular flexibility index (Phi) is 5.97. The van der Waals surface area contributed by atoms with E-state index in [-0.39, 0.29) is 5.91 Å². The van der Waals surface area contributed by atoms with Gasteiger partial charge >= 0.3 is 0 Å². The van der Waals surface area contributed by atoms with Crippen LogP contribution in [0.2, 0.25) is 0 Å². The zero-order valence-corrected chi connectivity index (χ0v) is 19.2. The first-order valence-corrected chi connectivity index (χ1v) is 11.9. The zero-order chi connectivity index (χ0) is 23.6. The number of hydrogen-bond acceptors (Lipinski definition) is 7. The topological polar surface area (TPSA) is 122 Å². The summed E-state index contributed by atoms with van der Waals surface area (Å²) in [6.45, 7) is 1.83. The molecular weight excluding hydrogens is 442 g/mol. The van der Waals surface area contributed by atoms with Crippen LogP contribution < -0.4 is 14.9 Å². The van der Waals surface area contributed by atoms with Crippen LogP contribution in [0, 0.1) is 0 Å². The number of anilines is 4. The third-order valence-electron chi connectivity index (χ3n) is 4.95. The number of nitrogens with one attached hydrogen (secondary N) is 2. The van der Waals surface area contributed by atoms with E-state index in [1.54, 1.807) is 30.6 Å². The first kappa shape index (κ1) is 22.2. The van der Waals surface area contributed by atoms with Crippen LogP contribution in [0.3, 0.4) is 0 Å². The number of aromatic nitrogens is 4. The van der Waals surface area contributed by atoms with Crippen molar-refractivity contribution in [3.05, 3.63) is 66.6 Å². The molecule has 0 aliphatic carbocycles. The minimum atomic E-state index is -3.45. The molecule has 0 fully saturated rings. The fourth-order valence-corrected chi connectivity index (χ4v) is 3.82. The van der Waals surface area contributed by atoms with E-state index in [4.69, 9.17) is 0 Å². The molecule has 2 N–H and O–H groups in total. The van der Waals surface area contributed by atoms with E-state index in [1.807, 2.05) is 35.0 Å². The minimum Gasteiger partial charge on any atom is -0.328 e. The quantitative estimate of drug-likeness (QED) is 0.430. The Bertz CT molecular complexity index is 1430. The van der Waals surface area contributed by atoms with Crippen LogP contribution in [0.4, 0.5) is 23.1 Å². The number of rotatable bonds is 7. The van der Waals surface area contributed by atoms with Gasteiger partial charge in [0.2, 0.25) is 21.9 Å². The fraction of sp³-hybridized carbons (Fsp3) is 0.182. The van der Waals surface area contributed by atoms with Gasteiger partial charge in [0.1, 0.15) is 11.5 Å². The second-order valence-electron chi connectivity index (χ2n) is 7.52. The first-order valence-electron chi connectivity index (χ1n) is 10.0. The normalized spacial score (nSPS) is 11.4. The number of benzene rings is 1. The van der Waals surface area contributed by atoms with Gasteiger partial charge in [-0.05, 0) is 30.3 Å². The predicted octanol–water partition coefficient (Wildman–Crippen LogP) is 2.97. The molecule has 0 aliphatic heterocycles. The largest absolute Gasteiger partial charge is 0.328 e. The molecule has 4 aromatic rings. The number of carbonyl (C=O) groups excluding carboxylic acids is 1. The molecule has 0 unspecified atom stereocenters. The van der Waals surface area contributed by atoms with E-state index in [9.17, 15) is 13.2 Å². The van der Waals surface area contributed by atoms with Crippen LogP contribution >= 0.6 is 0 Å². The van der Waals surface area contributed by atoms with E-state index >= 15 is 0 Å². The third-order valence-corrected chi connectivity index (χ3v) is 6.11. The van der Waals surface area contributed by atoms with E-state index in [1.165, 1.54) is 14.0 Å². The van der Waals surface area contributed by atoms with Crippen molar-refractivity contribution >= 4 is 50.1 Å². The molecule has 0 saturated carbocycles. The van der Waals surface area contributed by atoms with Gasteiger partial charge < -0.3 is 15.2 Å². The number of fused-ring (bicyclic) bond motifs is 1. The number of pyridine rings is 1. The first-order chi connectivity index (χ1) is 15.7. The van der Waals surface area contributed by atoms with Gasteiger partial charge in [0.05, 0.1) is 12.8 Å². The molecule has 1 amide bonds. The lowest BCUT2D eigenvalue weighted by Crippen LogP contribution is -2.27. The molecule has 11 heteroatoms. The van der Waals surface area contributed by atoms with E-state index in [0.717, 1.165) is 27.2 Å². The molecule has 4 rings (SSSR count). The van der Waals surface area contributed by atoms with Gasteiger partial charge in [-0.3, -0.25) is 9.10 Å². The van der Waals surface area contributed by atoms with Crippen molar-refractivity contribution in [2.24, 2.45) is 0 Å². The maximum atomic E-state index is 12.0. The summed E-state index contributed by atoms with van der Waals surface area (Å²) in [5.74, 6) is 0.602. The highest BCUT2D eigenvalue weighted by Gasteiger charge is 2.18. The van der Waals surface area contributed by atoms with Crippen LogP contribution in [-0.2, 0) is 21.4 Å². The van der Waals surface area contributed by atoms with Gasteiger partial charge in [-0.2, -0.15) is 4.98 Å². The summed E-state index contributed by atoms with van der Waals surface area (Å²) < 4.78 is 27.1. The van der Waals surface area contributed by atoms with Crippen molar-refractivity contribution in [1.29, 1.82) is 0 Å². The summed E-state index contributed by atoms with van der Waals surface area (Å²) >= 11 is 0. The Labute approximate surface area is 191 Å². The predicted molar refractivity (Wildman–Crippen MR) is 128 cm³/mol. The summed E-state index contributed by atoms with van der Waals surface area (Å²) in [5, 5.41) is 6.74. The highest BCUT2D eigenvalue weighted by Crippen LogP contribution is 2.23. The molecule has 0 spiro atoms. The van der Waals surface area contributed by atoms with Crippen molar-refractivity contribution in [3.8, 4) is 0 Å². The summed E-state index contributed by atoms with van der Waals surface area (Å²) in [7, 11) is -1.97. The Balaban J connectivity index is 1.63. The lowest BCUT2D eigenvalue weighted by atomic mass is 10.2. The van der Waals surface area contributed by atoms with Gasteiger partial charge in [-0.25, -0.2) is 18.4 Å². The number of sulfonamides is 1. The van der Waals surface area contributed by atoms with E-state index in [0.29, 0.717) is 29.6 Å². The average molecular weight is 466 g/mol. The fourth-order valence-electron chi connectivity index (χ4n) is 3.34. The SMILES string of the molecule is CC(=O)Nc1cccc(Nc2ncc3ccn(Cc4cccnc4N(C)S(C)(=O)=O)c3n2)c1. The van der Waals surface area contributed by atoms with Crippen LogP contribution in [0.25, 0.3) is 11.0 Å². The third kappa shape index (κ3) is 5.09. The van der Waals surface area contributed by atoms with E-state index in [2.05, 4.69) is 25.6 Å². The Hall–Kier alpha value is -3.99. The van der Waals surface area contributed by atoms with Gasteiger partial charge in [0.25, 0.3) is 0 Å². The maximum absolute atomic E-state index is 12.0. The second-order valence-corrected chi connectivity index (χ2v) is 9.53. The standard InChI is InChI=1S/C22H23N7O3S/c1-15(30)25-18-7-4-8-19(12-18)26-22-24-13-16-9-11-29(21(16)27-22)14-17-6-5-10-23-20(17)28(2)33(3,31)32/h4-13H,14H2,1-3H3,(H,25,30)(H,24,26,27). The van der Waals surface area contributed by atoms with Crippen LogP contribution in [0.1, 0.15) is 12.5 Å². The molecule has 0 bridgehead atoms. The van der Waals surface area contributed by atoms with Crippen LogP contribution in [0.5, 0.6) is 0 Å². The van der Waals surface area contributed by atoms with Gasteiger partial charge in [0.15, 0.2) is 0 Å². The molecule has 0 radical (unpaired) electrons. The molecule has 33 heavy (non-hydrogen) atoms. The summed E-state index contributed by atoms with van der Waals surface area (Å²) in [4.78, 5) is 24.6. The number of hydrogen-bond donors (Lipinski definition) is 2. The lowest BCUT2D eigenvalue weighted by Gasteiger charge is -2.19. The Morgan fingerprint density at radius 2 is 1.91 bits per heavy atom. The summed E-state index contributed by atoms with van der Waals surface area (Å²) in [6, 6.07) is 12.7. The van der Waals surface area contributed by atoms with Crippen LogP contribution in [0.15, 0.2) is 61.1 Å². The number of carbonyl (C=O) groups is 1. The molecular formula is C22H23N7O3S. The highest BCUT2D eigenvalue weighted by molar-refractivity contribution is 7.92. The van der Waals surface area contributed by atoms with Crippen LogP contribution in [-0.4, -0.2) is 47.1 Å². The van der Waals surface area contributed by atoms with E-state index < -0.39 is 10.0 Å². The van der Waals surface area contributed by atoms with Crippen molar-refractivity contribution < 1.29 is 13.2 Å². The van der Waals surface area contributed by atoms with Crippen molar-refractivity contribution in [3.63, 3.8) is 0 Å². The monoisotopic (exact) mass is 465 g/mol. The molecule has 0 atom stereocenters. The molecule has 0 aliphatic rings. The zero-order valence-electron chi connectivity index (χ0n) is 18.3. The maximum Gasteiger partial charge on any atom is 0.233 e. The molecule has 0 saturated heterocycles. The number of amides is 1. The Morgan fingerprint density at radius 1 is 1.12 bits per heavy atom. The molecule has 1 aromatic carbocycles. The van der Waals surface area contributed by atoms with Gasteiger partial charge in [-0.15, -0.1) is 0 Å². The highest BCUT2D eigenvalue weighted by atomic mass is 32.2. The van der Waals surface area contributed by atoms with Gasteiger partial charge in [-0.1, -0.05) is 12.1 Å². The molecule has 170 valence electrons. The van der Waals surface area contributed by atoms with Crippen molar-refractivity contribution in [2.75, 3.05) is 28.2 Å². The minimum absolute atomic E-state index is 0.154. The average Bonchev–Trinajstić information content (AvgIpc) is 3.15. The lowest BCUT2D eigenvalue weighted by molar-refractivity contribution is -0.114. The number of nitrogens with zero attached hydrogens (tertiary/aromatic N) is 5. The molecule has 3 aromatic heterocycles. The molecule has 3 heterocycles.